The largest absolute Gasteiger partial charge is 0.309 e. The van der Waals surface area contributed by atoms with Gasteiger partial charge in [-0.15, -0.1) is 0 Å². The molecule has 0 radical (unpaired) electrons. The van der Waals surface area contributed by atoms with Crippen LogP contribution >= 0.6 is 0 Å². The summed E-state index contributed by atoms with van der Waals surface area (Å²) < 4.78 is 9.47. The number of nitriles is 2. The van der Waals surface area contributed by atoms with Crippen molar-refractivity contribution in [3.05, 3.63) is 321 Å². The van der Waals surface area contributed by atoms with Gasteiger partial charge >= 0.3 is 0 Å². The van der Waals surface area contributed by atoms with Crippen LogP contribution in [0.2, 0.25) is 0 Å². The third-order valence-electron chi connectivity index (χ3n) is 18.7. The molecule has 5 heterocycles. The Morgan fingerprint density at radius 2 is 0.533 bits per heavy atom. The molecule has 0 saturated heterocycles. The van der Waals surface area contributed by atoms with Crippen LogP contribution in [0.25, 0.3) is 166 Å². The zero-order valence-corrected chi connectivity index (χ0v) is 49.6. The zero-order valence-electron chi connectivity index (χ0n) is 49.6. The van der Waals surface area contributed by atoms with Crippen LogP contribution in [0.15, 0.2) is 309 Å². The SMILES string of the molecule is N#Cc1ccc(-c2cc(-c3ccccc3-n3c4ccccc4c4cc(-c5ccc(-n6c7ccccc7c7ccccc76)cc5)ccc43)nc(-c3ccccc3-n3c4ccccc4c4cc(-c5ccc(-n6c7ccccc7c7ccccc76)cc5)ccc43)c2)cc1C#N. The van der Waals surface area contributed by atoms with Gasteiger partial charge in [-0.2, -0.15) is 10.5 Å². The maximum absolute atomic E-state index is 10.4. The number of para-hydroxylation sites is 8. The fraction of sp³-hybridized carbons (Fsp3) is 0. The van der Waals surface area contributed by atoms with Gasteiger partial charge in [-0.3, -0.25) is 0 Å². The van der Waals surface area contributed by atoms with Gasteiger partial charge in [-0.1, -0.05) is 188 Å². The number of rotatable bonds is 9. The lowest BCUT2D eigenvalue weighted by atomic mass is 9.96. The van der Waals surface area contributed by atoms with Crippen molar-refractivity contribution in [1.82, 2.24) is 23.3 Å². The Labute approximate surface area is 529 Å². The molecular weight excluding hydrogens is 1120 g/mol. The molecule has 0 aliphatic rings. The Bertz CT molecular complexity index is 5710. The molecule has 0 fully saturated rings. The van der Waals surface area contributed by atoms with E-state index < -0.39 is 0 Å². The van der Waals surface area contributed by atoms with Crippen LogP contribution in [0.3, 0.4) is 0 Å². The van der Waals surface area contributed by atoms with Crippen molar-refractivity contribution in [2.75, 3.05) is 0 Å². The summed E-state index contributed by atoms with van der Waals surface area (Å²) in [7, 11) is 0. The Morgan fingerprint density at radius 3 is 0.924 bits per heavy atom. The molecule has 0 N–H and O–H groups in total. The van der Waals surface area contributed by atoms with Gasteiger partial charge in [-0.25, -0.2) is 4.98 Å². The standard InChI is InChI=1S/C85H51N7/c86-52-59-34-33-56(47-61(59)53-87)60-50-74(70-23-7-15-31-82(70)91-80-29-13-5-21-68(80)72-48-57(39-45-84(72)91)54-35-41-62(42-36-54)89-76-25-9-1-17-64(76)65-18-2-10-26-77(65)89)88-75(51-60)71-24-8-16-32-83(71)92-81-30-14-6-22-69(81)73-49-58(40-46-85(73)92)55-37-43-63(44-38-55)90-78-27-11-3-19-66(78)67-20-4-12-28-79(67)90/h1-51H. The lowest BCUT2D eigenvalue weighted by molar-refractivity contribution is 1.16. The van der Waals surface area contributed by atoms with Gasteiger partial charge in [0.15, 0.2) is 0 Å². The first-order valence-corrected chi connectivity index (χ1v) is 31.0. The summed E-state index contributed by atoms with van der Waals surface area (Å²) >= 11 is 0. The number of aromatic nitrogens is 5. The molecule has 13 aromatic carbocycles. The van der Waals surface area contributed by atoms with E-state index in [-0.39, 0.29) is 0 Å². The van der Waals surface area contributed by atoms with E-state index in [1.165, 1.54) is 43.6 Å². The van der Waals surface area contributed by atoms with Gasteiger partial charge in [0.25, 0.3) is 0 Å². The van der Waals surface area contributed by atoms with Crippen LogP contribution in [0.1, 0.15) is 11.1 Å². The monoisotopic (exact) mass is 1170 g/mol. The Balaban J connectivity index is 0.760. The van der Waals surface area contributed by atoms with E-state index in [1.54, 1.807) is 6.07 Å². The number of nitrogens with zero attached hydrogens (tertiary/aromatic N) is 7. The van der Waals surface area contributed by atoms with Gasteiger partial charge in [0.2, 0.25) is 0 Å². The van der Waals surface area contributed by atoms with E-state index in [2.05, 4.69) is 322 Å². The average molecular weight is 1170 g/mol. The van der Waals surface area contributed by atoms with Crippen LogP contribution in [0.4, 0.5) is 0 Å². The van der Waals surface area contributed by atoms with Crippen molar-refractivity contribution in [2.45, 2.75) is 0 Å². The van der Waals surface area contributed by atoms with Crippen molar-refractivity contribution in [2.24, 2.45) is 0 Å². The summed E-state index contributed by atoms with van der Waals surface area (Å²) in [4.78, 5) is 5.71. The van der Waals surface area contributed by atoms with Gasteiger partial charge in [0.05, 0.1) is 78.0 Å². The van der Waals surface area contributed by atoms with Crippen LogP contribution in [-0.4, -0.2) is 23.3 Å². The average Bonchev–Trinajstić information content (AvgIpc) is 1.57. The molecule has 18 rings (SSSR count). The molecular formula is C85H51N7. The Morgan fingerprint density at radius 1 is 0.228 bits per heavy atom. The number of hydrogen-bond donors (Lipinski definition) is 0. The third-order valence-corrected chi connectivity index (χ3v) is 18.7. The predicted octanol–water partition coefficient (Wildman–Crippen LogP) is 21.5. The van der Waals surface area contributed by atoms with Crippen molar-refractivity contribution in [3.63, 3.8) is 0 Å². The van der Waals surface area contributed by atoms with Crippen molar-refractivity contribution < 1.29 is 0 Å². The quantitative estimate of drug-likeness (QED) is 0.144. The summed E-state index contributed by atoms with van der Waals surface area (Å²) in [5, 5.41) is 30.0. The minimum absolute atomic E-state index is 0.318. The highest BCUT2D eigenvalue weighted by atomic mass is 15.0. The van der Waals surface area contributed by atoms with Crippen molar-refractivity contribution in [3.8, 4) is 90.8 Å². The molecule has 18 aromatic rings. The number of benzene rings is 13. The Kier molecular flexibility index (Phi) is 11.9. The van der Waals surface area contributed by atoms with Crippen LogP contribution < -0.4 is 0 Å². The highest BCUT2D eigenvalue weighted by Gasteiger charge is 2.23. The number of pyridine rings is 1. The first-order chi connectivity index (χ1) is 45.5. The second-order valence-corrected chi connectivity index (χ2v) is 23.6. The fourth-order valence-electron chi connectivity index (χ4n) is 14.5. The molecule has 0 amide bonds. The van der Waals surface area contributed by atoms with Gasteiger partial charge in [0.1, 0.15) is 12.1 Å². The molecule has 5 aromatic heterocycles. The first kappa shape index (κ1) is 52.3. The summed E-state index contributed by atoms with van der Waals surface area (Å²) in [5.41, 5.74) is 23.4. The van der Waals surface area contributed by atoms with E-state index in [0.29, 0.717) is 11.1 Å². The van der Waals surface area contributed by atoms with E-state index in [4.69, 9.17) is 4.98 Å². The lowest BCUT2D eigenvalue weighted by Crippen LogP contribution is -2.01. The molecule has 0 aliphatic carbocycles. The fourth-order valence-corrected chi connectivity index (χ4v) is 14.5. The lowest BCUT2D eigenvalue weighted by Gasteiger charge is -2.18. The molecule has 426 valence electrons. The highest BCUT2D eigenvalue weighted by Crippen LogP contribution is 2.43. The van der Waals surface area contributed by atoms with Crippen molar-refractivity contribution >= 4 is 87.2 Å². The maximum Gasteiger partial charge on any atom is 0.101 e. The third kappa shape index (κ3) is 8.17. The van der Waals surface area contributed by atoms with E-state index in [1.807, 2.05) is 12.1 Å². The first-order valence-electron chi connectivity index (χ1n) is 31.0. The van der Waals surface area contributed by atoms with E-state index in [9.17, 15) is 10.5 Å². The molecule has 0 aliphatic heterocycles. The topological polar surface area (TPSA) is 80.2 Å². The molecule has 7 heteroatoms. The molecule has 7 nitrogen and oxygen atoms in total. The molecule has 0 saturated carbocycles. The molecule has 0 spiro atoms. The second-order valence-electron chi connectivity index (χ2n) is 23.6. The van der Waals surface area contributed by atoms with Gasteiger partial charge < -0.3 is 18.3 Å². The van der Waals surface area contributed by atoms with Crippen LogP contribution in [0, 0.1) is 22.7 Å². The summed E-state index contributed by atoms with van der Waals surface area (Å²) in [6.07, 6.45) is 0. The summed E-state index contributed by atoms with van der Waals surface area (Å²) in [5.74, 6) is 0. The van der Waals surface area contributed by atoms with E-state index in [0.717, 1.165) is 122 Å². The van der Waals surface area contributed by atoms with Crippen LogP contribution in [0.5, 0.6) is 0 Å². The maximum atomic E-state index is 10.4. The summed E-state index contributed by atoms with van der Waals surface area (Å²) in [6.45, 7) is 0. The minimum atomic E-state index is 0.318. The number of hydrogen-bond acceptors (Lipinski definition) is 3. The predicted molar refractivity (Wildman–Crippen MR) is 378 cm³/mol. The molecule has 0 unspecified atom stereocenters. The summed E-state index contributed by atoms with van der Waals surface area (Å²) in [6, 6.07) is 115. The Hall–Kier alpha value is -12.8. The van der Waals surface area contributed by atoms with E-state index >= 15 is 0 Å². The molecule has 92 heavy (non-hydrogen) atoms. The zero-order chi connectivity index (χ0) is 61.0. The smallest absolute Gasteiger partial charge is 0.101 e. The van der Waals surface area contributed by atoms with Crippen LogP contribution in [-0.2, 0) is 0 Å². The van der Waals surface area contributed by atoms with Gasteiger partial charge in [0, 0.05) is 65.6 Å². The van der Waals surface area contributed by atoms with Gasteiger partial charge in [-0.05, 0) is 155 Å². The second kappa shape index (κ2) is 20.9. The van der Waals surface area contributed by atoms with Crippen molar-refractivity contribution in [1.29, 1.82) is 10.5 Å². The number of fused-ring (bicyclic) bond motifs is 12. The normalized spacial score (nSPS) is 11.7. The molecule has 0 atom stereocenters. The minimum Gasteiger partial charge on any atom is -0.309 e. The highest BCUT2D eigenvalue weighted by molar-refractivity contribution is 6.14. The molecule has 0 bridgehead atoms.